The van der Waals surface area contributed by atoms with Gasteiger partial charge in [0.25, 0.3) is 0 Å². The van der Waals surface area contributed by atoms with E-state index < -0.39 is 0 Å². The molecular formula is C18H28ClN5O. The van der Waals surface area contributed by atoms with Gasteiger partial charge >= 0.3 is 0 Å². The normalized spacial score (nSPS) is 11.9. The van der Waals surface area contributed by atoms with Crippen LogP contribution in [-0.4, -0.2) is 45.4 Å². The molecule has 0 saturated heterocycles. The number of aromatic nitrogens is 3. The zero-order chi connectivity index (χ0) is 17.7. The first-order valence-corrected chi connectivity index (χ1v) is 8.36. The van der Waals surface area contributed by atoms with Crippen molar-refractivity contribution < 1.29 is 4.79 Å². The van der Waals surface area contributed by atoms with E-state index in [1.54, 1.807) is 9.58 Å². The number of carbonyl (C=O) groups excluding carboxylic acids is 1. The molecule has 1 aromatic carbocycles. The van der Waals surface area contributed by atoms with E-state index in [1.165, 1.54) is 0 Å². The number of carbonyl (C=O) groups is 1. The van der Waals surface area contributed by atoms with E-state index in [4.69, 9.17) is 5.73 Å². The maximum absolute atomic E-state index is 12.4. The van der Waals surface area contributed by atoms with Crippen LogP contribution in [0.4, 0.5) is 0 Å². The van der Waals surface area contributed by atoms with Crippen LogP contribution >= 0.6 is 12.4 Å². The molecule has 1 heterocycles. The molecule has 0 radical (unpaired) electrons. The molecule has 2 aromatic rings. The fourth-order valence-electron chi connectivity index (χ4n) is 2.42. The predicted molar refractivity (Wildman–Crippen MR) is 102 cm³/mol. The number of amides is 1. The van der Waals surface area contributed by atoms with Crippen molar-refractivity contribution >= 4 is 18.3 Å². The second-order valence-electron chi connectivity index (χ2n) is 6.56. The van der Waals surface area contributed by atoms with Gasteiger partial charge in [-0.05, 0) is 31.4 Å². The van der Waals surface area contributed by atoms with Gasteiger partial charge in [0.2, 0.25) is 5.91 Å². The van der Waals surface area contributed by atoms with Gasteiger partial charge in [0.1, 0.15) is 0 Å². The van der Waals surface area contributed by atoms with Gasteiger partial charge < -0.3 is 10.6 Å². The van der Waals surface area contributed by atoms with Crippen LogP contribution in [0.1, 0.15) is 31.7 Å². The number of hydrogen-bond acceptors (Lipinski definition) is 4. The Balaban J connectivity index is 0.00000312. The number of likely N-dealkylation sites (N-methyl/N-ethyl adjacent to an activating group) is 1. The summed E-state index contributed by atoms with van der Waals surface area (Å²) in [6.07, 6.45) is 1.06. The first-order valence-electron chi connectivity index (χ1n) is 8.36. The second-order valence-corrected chi connectivity index (χ2v) is 6.56. The Labute approximate surface area is 155 Å². The maximum Gasteiger partial charge on any atom is 0.228 e. The lowest BCUT2D eigenvalue weighted by atomic mass is 10.0. The standard InChI is InChI=1S/C18H27N5O.ClH/c1-13(2)16(19)10-11-22(4)18(24)12-17-14(3)23(21-20-17)15-8-6-5-7-9-15;/h5-9,13,16H,10-12,19H2,1-4H3;1H. The molecule has 25 heavy (non-hydrogen) atoms. The van der Waals surface area contributed by atoms with E-state index in [-0.39, 0.29) is 30.8 Å². The van der Waals surface area contributed by atoms with Crippen molar-refractivity contribution in [3.8, 4) is 5.69 Å². The fraction of sp³-hybridized carbons (Fsp3) is 0.500. The topological polar surface area (TPSA) is 77.0 Å². The van der Waals surface area contributed by atoms with Crippen molar-refractivity contribution in [1.29, 1.82) is 0 Å². The highest BCUT2D eigenvalue weighted by molar-refractivity contribution is 5.85. The number of hydrogen-bond donors (Lipinski definition) is 1. The molecule has 1 aromatic heterocycles. The van der Waals surface area contributed by atoms with Gasteiger partial charge in [-0.15, -0.1) is 17.5 Å². The van der Waals surface area contributed by atoms with Gasteiger partial charge in [-0.25, -0.2) is 4.68 Å². The monoisotopic (exact) mass is 365 g/mol. The van der Waals surface area contributed by atoms with E-state index >= 15 is 0 Å². The van der Waals surface area contributed by atoms with Gasteiger partial charge in [0.15, 0.2) is 0 Å². The Morgan fingerprint density at radius 3 is 2.52 bits per heavy atom. The van der Waals surface area contributed by atoms with Gasteiger partial charge in [0.05, 0.1) is 23.5 Å². The number of rotatable bonds is 7. The van der Waals surface area contributed by atoms with Crippen molar-refractivity contribution in [2.45, 2.75) is 39.7 Å². The van der Waals surface area contributed by atoms with E-state index in [1.807, 2.05) is 44.3 Å². The molecule has 2 rings (SSSR count). The quantitative estimate of drug-likeness (QED) is 0.817. The molecule has 1 unspecified atom stereocenters. The van der Waals surface area contributed by atoms with Crippen LogP contribution in [-0.2, 0) is 11.2 Å². The smallest absolute Gasteiger partial charge is 0.228 e. The molecule has 0 aliphatic heterocycles. The van der Waals surface area contributed by atoms with Crippen molar-refractivity contribution in [3.05, 3.63) is 41.7 Å². The third-order valence-corrected chi connectivity index (χ3v) is 4.39. The summed E-state index contributed by atoms with van der Waals surface area (Å²) < 4.78 is 1.76. The molecular weight excluding hydrogens is 338 g/mol. The van der Waals surface area contributed by atoms with E-state index in [0.29, 0.717) is 18.2 Å². The summed E-state index contributed by atoms with van der Waals surface area (Å²) in [5.74, 6) is 0.454. The van der Waals surface area contributed by atoms with Gasteiger partial charge in [-0.1, -0.05) is 37.3 Å². The minimum absolute atomic E-state index is 0. The van der Waals surface area contributed by atoms with Gasteiger partial charge in [0, 0.05) is 19.6 Å². The summed E-state index contributed by atoms with van der Waals surface area (Å²) >= 11 is 0. The van der Waals surface area contributed by atoms with Crippen molar-refractivity contribution in [1.82, 2.24) is 19.9 Å². The van der Waals surface area contributed by atoms with E-state index in [9.17, 15) is 4.79 Å². The first kappa shape index (κ1) is 21.1. The van der Waals surface area contributed by atoms with Crippen LogP contribution in [0.25, 0.3) is 5.69 Å². The average molecular weight is 366 g/mol. The van der Waals surface area contributed by atoms with Crippen molar-refractivity contribution in [2.75, 3.05) is 13.6 Å². The number of benzene rings is 1. The zero-order valence-corrected chi connectivity index (χ0v) is 16.2. The van der Waals surface area contributed by atoms with Crippen LogP contribution in [0.3, 0.4) is 0 Å². The lowest BCUT2D eigenvalue weighted by Gasteiger charge is -2.21. The molecule has 0 aliphatic rings. The molecule has 138 valence electrons. The summed E-state index contributed by atoms with van der Waals surface area (Å²) in [6, 6.07) is 9.90. The van der Waals surface area contributed by atoms with Gasteiger partial charge in [-0.2, -0.15) is 0 Å². The molecule has 0 spiro atoms. The summed E-state index contributed by atoms with van der Waals surface area (Å²) in [4.78, 5) is 14.1. The van der Waals surface area contributed by atoms with Crippen molar-refractivity contribution in [2.24, 2.45) is 11.7 Å². The third-order valence-electron chi connectivity index (χ3n) is 4.39. The maximum atomic E-state index is 12.4. The van der Waals surface area contributed by atoms with Gasteiger partial charge in [-0.3, -0.25) is 4.79 Å². The van der Waals surface area contributed by atoms with E-state index in [0.717, 1.165) is 17.8 Å². The zero-order valence-electron chi connectivity index (χ0n) is 15.3. The lowest BCUT2D eigenvalue weighted by Crippen LogP contribution is -2.35. The molecule has 0 fully saturated rings. The molecule has 0 saturated carbocycles. The Hall–Kier alpha value is -1.92. The minimum Gasteiger partial charge on any atom is -0.345 e. The fourth-order valence-corrected chi connectivity index (χ4v) is 2.42. The molecule has 7 heteroatoms. The van der Waals surface area contributed by atoms with Crippen LogP contribution in [0.15, 0.2) is 30.3 Å². The number of nitrogens with two attached hydrogens (primary N) is 1. The lowest BCUT2D eigenvalue weighted by molar-refractivity contribution is -0.129. The van der Waals surface area contributed by atoms with Crippen molar-refractivity contribution in [3.63, 3.8) is 0 Å². The highest BCUT2D eigenvalue weighted by Crippen LogP contribution is 2.13. The van der Waals surface area contributed by atoms with Crippen LogP contribution in [0.2, 0.25) is 0 Å². The summed E-state index contributed by atoms with van der Waals surface area (Å²) in [7, 11) is 1.81. The van der Waals surface area contributed by atoms with E-state index in [2.05, 4.69) is 24.2 Å². The predicted octanol–water partition coefficient (Wildman–Crippen LogP) is 2.37. The number of nitrogens with zero attached hydrogens (tertiary/aromatic N) is 4. The SMILES string of the molecule is Cc1c(CC(=O)N(C)CCC(N)C(C)C)nnn1-c1ccccc1.Cl. The molecule has 6 nitrogen and oxygen atoms in total. The van der Waals surface area contributed by atoms with Crippen LogP contribution < -0.4 is 5.73 Å². The first-order chi connectivity index (χ1) is 11.4. The molecule has 1 atom stereocenters. The van der Waals surface area contributed by atoms with Crippen LogP contribution in [0, 0.1) is 12.8 Å². The summed E-state index contributed by atoms with van der Waals surface area (Å²) in [6.45, 7) is 6.78. The summed E-state index contributed by atoms with van der Waals surface area (Å²) in [5, 5.41) is 8.35. The number of halogens is 1. The molecule has 0 bridgehead atoms. The Morgan fingerprint density at radius 1 is 1.28 bits per heavy atom. The second kappa shape index (κ2) is 9.53. The highest BCUT2D eigenvalue weighted by atomic mass is 35.5. The van der Waals surface area contributed by atoms with Crippen LogP contribution in [0.5, 0.6) is 0 Å². The highest BCUT2D eigenvalue weighted by Gasteiger charge is 2.17. The number of para-hydroxylation sites is 1. The Morgan fingerprint density at radius 2 is 1.92 bits per heavy atom. The summed E-state index contributed by atoms with van der Waals surface area (Å²) in [5.41, 5.74) is 8.59. The molecule has 0 aliphatic carbocycles. The molecule has 2 N–H and O–H groups in total. The minimum atomic E-state index is 0. The third kappa shape index (κ3) is 5.54. The average Bonchev–Trinajstić information content (AvgIpc) is 2.93. The Kier molecular flexibility index (Phi) is 8.06. The Bertz CT molecular complexity index is 671. The molecule has 1 amide bonds. The largest absolute Gasteiger partial charge is 0.345 e.